The summed E-state index contributed by atoms with van der Waals surface area (Å²) in [7, 11) is -2.87. The number of imidazole rings is 1. The Morgan fingerprint density at radius 1 is 1.53 bits per heavy atom. The zero-order valence-electron chi connectivity index (χ0n) is 9.85. The van der Waals surface area contributed by atoms with Gasteiger partial charge in [0.05, 0.1) is 11.5 Å². The molecule has 2 rings (SSSR count). The van der Waals surface area contributed by atoms with Crippen LogP contribution in [0.2, 0.25) is 0 Å². The number of sulfone groups is 1. The summed E-state index contributed by atoms with van der Waals surface area (Å²) in [5.41, 5.74) is 6.50. The van der Waals surface area contributed by atoms with Gasteiger partial charge in [-0.2, -0.15) is 0 Å². The Morgan fingerprint density at radius 3 is 3.06 bits per heavy atom. The van der Waals surface area contributed by atoms with Gasteiger partial charge in [0.1, 0.15) is 5.82 Å². The van der Waals surface area contributed by atoms with E-state index in [1.165, 1.54) is 0 Å². The van der Waals surface area contributed by atoms with Crippen LogP contribution in [0.4, 0.5) is 0 Å². The van der Waals surface area contributed by atoms with Crippen molar-refractivity contribution in [3.63, 3.8) is 0 Å². The smallest absolute Gasteiger partial charge is 0.151 e. The molecule has 1 aromatic rings. The molecule has 1 unspecified atom stereocenters. The van der Waals surface area contributed by atoms with E-state index in [0.717, 1.165) is 37.2 Å². The molecule has 0 aromatic carbocycles. The molecule has 17 heavy (non-hydrogen) atoms. The maximum Gasteiger partial charge on any atom is 0.151 e. The number of nitrogens with two attached hydrogens (primary N) is 1. The number of nitrogens with one attached hydrogen (secondary N) is 1. The summed E-state index contributed by atoms with van der Waals surface area (Å²) in [5, 5.41) is 0. The zero-order chi connectivity index (χ0) is 12.3. The lowest BCUT2D eigenvalue weighted by Crippen LogP contribution is -2.24. The third-order valence-corrected chi connectivity index (χ3v) is 4.97. The van der Waals surface area contributed by atoms with Gasteiger partial charge in [-0.1, -0.05) is 0 Å². The highest BCUT2D eigenvalue weighted by Crippen LogP contribution is 2.26. The van der Waals surface area contributed by atoms with Crippen molar-refractivity contribution in [1.29, 1.82) is 0 Å². The van der Waals surface area contributed by atoms with Crippen LogP contribution in [0.25, 0.3) is 0 Å². The van der Waals surface area contributed by atoms with Gasteiger partial charge in [0.2, 0.25) is 0 Å². The fourth-order valence-electron chi connectivity index (χ4n) is 2.24. The number of rotatable bonds is 4. The molecule has 96 valence electrons. The molecule has 0 aliphatic carbocycles. The van der Waals surface area contributed by atoms with Gasteiger partial charge in [0.15, 0.2) is 9.84 Å². The van der Waals surface area contributed by atoms with Gasteiger partial charge in [-0.25, -0.2) is 13.4 Å². The van der Waals surface area contributed by atoms with Crippen molar-refractivity contribution >= 4 is 9.84 Å². The number of aryl methyl sites for hydroxylation is 1. The Kier molecular flexibility index (Phi) is 3.83. The average molecular weight is 257 g/mol. The first kappa shape index (κ1) is 12.6. The van der Waals surface area contributed by atoms with E-state index in [2.05, 4.69) is 9.97 Å². The fourth-order valence-corrected chi connectivity index (χ4v) is 3.95. The summed E-state index contributed by atoms with van der Waals surface area (Å²) >= 11 is 0. The molecule has 2 heterocycles. The van der Waals surface area contributed by atoms with Crippen molar-refractivity contribution in [3.8, 4) is 0 Å². The minimum absolute atomic E-state index is 0.0420. The summed E-state index contributed by atoms with van der Waals surface area (Å²) in [5.74, 6) is 1.42. The maximum absolute atomic E-state index is 11.6. The van der Waals surface area contributed by atoms with Crippen molar-refractivity contribution in [2.24, 2.45) is 5.73 Å². The van der Waals surface area contributed by atoms with Gasteiger partial charge >= 0.3 is 0 Å². The molecule has 1 fully saturated rings. The molecule has 6 heteroatoms. The monoisotopic (exact) mass is 257 g/mol. The zero-order valence-corrected chi connectivity index (χ0v) is 10.7. The first-order valence-electron chi connectivity index (χ1n) is 6.05. The lowest BCUT2D eigenvalue weighted by molar-refractivity contribution is 0.545. The van der Waals surface area contributed by atoms with E-state index < -0.39 is 9.84 Å². The maximum atomic E-state index is 11.6. The lowest BCUT2D eigenvalue weighted by atomic mass is 10.1. The van der Waals surface area contributed by atoms with Crippen LogP contribution < -0.4 is 5.73 Å². The number of aromatic nitrogens is 2. The van der Waals surface area contributed by atoms with Crippen molar-refractivity contribution in [1.82, 2.24) is 9.97 Å². The topological polar surface area (TPSA) is 88.8 Å². The van der Waals surface area contributed by atoms with E-state index in [4.69, 9.17) is 5.73 Å². The standard InChI is InChI=1S/C11H19N3O2S/c12-5-1-4-10-7-13-11(14-10)9-3-2-6-17(15,16)8-9/h7,9H,1-6,8,12H2,(H,13,14). The van der Waals surface area contributed by atoms with Crippen LogP contribution in [0.5, 0.6) is 0 Å². The van der Waals surface area contributed by atoms with Crippen LogP contribution in [0.3, 0.4) is 0 Å². The molecule has 3 N–H and O–H groups in total. The Balaban J connectivity index is 2.04. The minimum Gasteiger partial charge on any atom is -0.346 e. The highest BCUT2D eigenvalue weighted by atomic mass is 32.2. The van der Waals surface area contributed by atoms with Crippen LogP contribution in [0, 0.1) is 0 Å². The Hall–Kier alpha value is -0.880. The molecule has 1 aromatic heterocycles. The van der Waals surface area contributed by atoms with Gasteiger partial charge in [0.25, 0.3) is 0 Å². The molecular formula is C11H19N3O2S. The second kappa shape index (κ2) is 5.18. The molecule has 1 atom stereocenters. The predicted molar refractivity (Wildman–Crippen MR) is 66.6 cm³/mol. The van der Waals surface area contributed by atoms with E-state index in [1.807, 2.05) is 0 Å². The van der Waals surface area contributed by atoms with E-state index >= 15 is 0 Å². The molecule has 1 aliphatic heterocycles. The van der Waals surface area contributed by atoms with Gasteiger partial charge in [-0.15, -0.1) is 0 Å². The average Bonchev–Trinajstić information content (AvgIpc) is 2.73. The Morgan fingerprint density at radius 2 is 2.35 bits per heavy atom. The van der Waals surface area contributed by atoms with Crippen LogP contribution in [0.1, 0.15) is 36.7 Å². The molecule has 0 saturated carbocycles. The summed E-state index contributed by atoms with van der Waals surface area (Å²) in [4.78, 5) is 7.52. The number of nitrogens with zero attached hydrogens (tertiary/aromatic N) is 1. The number of hydrogen-bond acceptors (Lipinski definition) is 4. The van der Waals surface area contributed by atoms with Gasteiger partial charge < -0.3 is 10.7 Å². The van der Waals surface area contributed by atoms with Crippen LogP contribution >= 0.6 is 0 Å². The normalized spacial score (nSPS) is 23.7. The molecule has 0 radical (unpaired) electrons. The Bertz CT molecular complexity index is 467. The third-order valence-electron chi connectivity index (χ3n) is 3.15. The van der Waals surface area contributed by atoms with E-state index in [-0.39, 0.29) is 11.7 Å². The van der Waals surface area contributed by atoms with Gasteiger partial charge in [0, 0.05) is 17.8 Å². The summed E-state index contributed by atoms with van der Waals surface area (Å²) in [6.07, 6.45) is 5.24. The van der Waals surface area contributed by atoms with Gasteiger partial charge in [-0.3, -0.25) is 0 Å². The molecule has 0 bridgehead atoms. The minimum atomic E-state index is -2.87. The SMILES string of the molecule is NCCCc1cnc(C2CCCS(=O)(=O)C2)[nH]1. The predicted octanol–water partition coefficient (Wildman–Crippen LogP) is 0.593. The largest absolute Gasteiger partial charge is 0.346 e. The second-order valence-corrected chi connectivity index (χ2v) is 6.87. The van der Waals surface area contributed by atoms with E-state index in [1.54, 1.807) is 6.20 Å². The highest BCUT2D eigenvalue weighted by molar-refractivity contribution is 7.91. The number of H-pyrrole nitrogens is 1. The van der Waals surface area contributed by atoms with Crippen LogP contribution in [-0.2, 0) is 16.3 Å². The summed E-state index contributed by atoms with van der Waals surface area (Å²) in [6.45, 7) is 0.659. The molecule has 5 nitrogen and oxygen atoms in total. The summed E-state index contributed by atoms with van der Waals surface area (Å²) in [6, 6.07) is 0. The number of hydrogen-bond donors (Lipinski definition) is 2. The summed E-state index contributed by atoms with van der Waals surface area (Å²) < 4.78 is 23.1. The third kappa shape index (κ3) is 3.29. The highest BCUT2D eigenvalue weighted by Gasteiger charge is 2.27. The van der Waals surface area contributed by atoms with Crippen molar-refractivity contribution in [2.75, 3.05) is 18.1 Å². The van der Waals surface area contributed by atoms with Crippen LogP contribution in [0.15, 0.2) is 6.20 Å². The lowest BCUT2D eigenvalue weighted by Gasteiger charge is -2.19. The van der Waals surface area contributed by atoms with Gasteiger partial charge in [-0.05, 0) is 32.2 Å². The molecule has 1 aliphatic rings. The van der Waals surface area contributed by atoms with E-state index in [0.29, 0.717) is 12.3 Å². The van der Waals surface area contributed by atoms with Crippen molar-refractivity contribution in [2.45, 2.75) is 31.6 Å². The Labute approximate surface area is 102 Å². The molecule has 1 saturated heterocycles. The fraction of sp³-hybridized carbons (Fsp3) is 0.727. The molecule has 0 amide bonds. The molecular weight excluding hydrogens is 238 g/mol. The van der Waals surface area contributed by atoms with Crippen molar-refractivity contribution < 1.29 is 8.42 Å². The second-order valence-electron chi connectivity index (χ2n) is 4.64. The first-order valence-corrected chi connectivity index (χ1v) is 7.87. The molecule has 0 spiro atoms. The first-order chi connectivity index (χ1) is 8.11. The number of aromatic amines is 1. The van der Waals surface area contributed by atoms with Crippen LogP contribution in [-0.4, -0.2) is 36.4 Å². The van der Waals surface area contributed by atoms with Crippen molar-refractivity contribution in [3.05, 3.63) is 17.7 Å². The quantitative estimate of drug-likeness (QED) is 0.826. The van der Waals surface area contributed by atoms with E-state index in [9.17, 15) is 8.42 Å².